The molecule has 2 aromatic rings. The molecule has 0 spiro atoms. The number of alkyl halides is 1. The van der Waals surface area contributed by atoms with Crippen molar-refractivity contribution in [1.29, 1.82) is 0 Å². The maximum atomic E-state index is 12.9. The van der Waals surface area contributed by atoms with Gasteiger partial charge in [-0.2, -0.15) is 0 Å². The Morgan fingerprint density at radius 1 is 1.16 bits per heavy atom. The molecule has 1 saturated heterocycles. The molecule has 2 unspecified atom stereocenters. The van der Waals surface area contributed by atoms with Crippen LogP contribution in [0.25, 0.3) is 0 Å². The van der Waals surface area contributed by atoms with E-state index < -0.39 is 12.0 Å². The van der Waals surface area contributed by atoms with Gasteiger partial charge in [0, 0.05) is 17.2 Å². The molecule has 1 fully saturated rings. The summed E-state index contributed by atoms with van der Waals surface area (Å²) in [5, 5.41) is 2.39. The van der Waals surface area contributed by atoms with Gasteiger partial charge in [0.1, 0.15) is 29.5 Å². The van der Waals surface area contributed by atoms with Gasteiger partial charge in [0.15, 0.2) is 0 Å². The van der Waals surface area contributed by atoms with Gasteiger partial charge in [-0.1, -0.05) is 30.3 Å². The Balaban J connectivity index is 1.45. The first-order valence-corrected chi connectivity index (χ1v) is 11.5. The Morgan fingerprint density at radius 2 is 1.88 bits per heavy atom. The summed E-state index contributed by atoms with van der Waals surface area (Å²) >= 11 is 7.52. The lowest BCUT2D eigenvalue weighted by atomic mass is 10.0. The van der Waals surface area contributed by atoms with Gasteiger partial charge in [0.2, 0.25) is 0 Å². The highest BCUT2D eigenvalue weighted by Gasteiger charge is 2.54. The Bertz CT molecular complexity index is 1060. The van der Waals surface area contributed by atoms with Crippen LogP contribution < -0.4 is 10.1 Å². The number of β-lactam (4-membered cyclic amide) rings is 1. The molecule has 0 radical (unpaired) electrons. The molecule has 2 aliphatic heterocycles. The van der Waals surface area contributed by atoms with Crippen LogP contribution in [-0.4, -0.2) is 52.8 Å². The third kappa shape index (κ3) is 4.33. The first-order valence-electron chi connectivity index (χ1n) is 9.92. The molecule has 2 amide bonds. The second-order valence-electron chi connectivity index (χ2n) is 7.24. The van der Waals surface area contributed by atoms with Crippen molar-refractivity contribution in [1.82, 2.24) is 10.2 Å². The average molecular weight is 473 g/mol. The fourth-order valence-corrected chi connectivity index (χ4v) is 5.21. The second-order valence-corrected chi connectivity index (χ2v) is 8.61. The maximum absolute atomic E-state index is 12.9. The number of esters is 1. The summed E-state index contributed by atoms with van der Waals surface area (Å²) in [6.07, 6.45) is 0. The first-order chi connectivity index (χ1) is 15.5. The highest BCUT2D eigenvalue weighted by Crippen LogP contribution is 2.41. The molecule has 32 heavy (non-hydrogen) atoms. The summed E-state index contributed by atoms with van der Waals surface area (Å²) in [6, 6.07) is 15.1. The standard InChI is InChI=1S/C23H21ClN2O5S/c1-30-17-9-7-14(8-10-17)12-31-23(29)19-16(11-24)13-32-22-18(21(28)26(19)22)25-20(27)15-5-3-2-4-6-15/h2-10,18,22H,11-13H2,1H3,(H,25,27). The molecule has 7 nitrogen and oxygen atoms in total. The molecule has 9 heteroatoms. The van der Waals surface area contributed by atoms with Crippen LogP contribution in [0.4, 0.5) is 0 Å². The van der Waals surface area contributed by atoms with Crippen molar-refractivity contribution < 1.29 is 23.9 Å². The lowest BCUT2D eigenvalue weighted by Gasteiger charge is -2.49. The number of ether oxygens (including phenoxy) is 2. The Morgan fingerprint density at radius 3 is 2.53 bits per heavy atom. The molecule has 2 aliphatic rings. The number of amides is 2. The zero-order valence-electron chi connectivity index (χ0n) is 17.2. The summed E-state index contributed by atoms with van der Waals surface area (Å²) < 4.78 is 10.6. The van der Waals surface area contributed by atoms with E-state index in [0.717, 1.165) is 5.56 Å². The summed E-state index contributed by atoms with van der Waals surface area (Å²) in [6.45, 7) is 0.0515. The molecule has 0 aromatic heterocycles. The molecule has 0 aliphatic carbocycles. The van der Waals surface area contributed by atoms with E-state index >= 15 is 0 Å². The summed E-state index contributed by atoms with van der Waals surface area (Å²) in [5.74, 6) is -0.0114. The highest BCUT2D eigenvalue weighted by molar-refractivity contribution is 8.00. The molecule has 166 valence electrons. The summed E-state index contributed by atoms with van der Waals surface area (Å²) in [5.41, 5.74) is 2.06. The Kier molecular flexibility index (Phi) is 6.72. The zero-order chi connectivity index (χ0) is 22.7. The van der Waals surface area contributed by atoms with Gasteiger partial charge in [-0.15, -0.1) is 23.4 Å². The number of halogens is 1. The number of nitrogens with zero attached hydrogens (tertiary/aromatic N) is 1. The van der Waals surface area contributed by atoms with Crippen molar-refractivity contribution >= 4 is 41.1 Å². The van der Waals surface area contributed by atoms with Crippen molar-refractivity contribution in [2.24, 2.45) is 0 Å². The van der Waals surface area contributed by atoms with Gasteiger partial charge in [0.05, 0.1) is 7.11 Å². The van der Waals surface area contributed by atoms with Crippen LogP contribution in [0.1, 0.15) is 15.9 Å². The molecule has 4 rings (SSSR count). The quantitative estimate of drug-likeness (QED) is 0.379. The van der Waals surface area contributed by atoms with Crippen LogP contribution in [0.2, 0.25) is 0 Å². The van der Waals surface area contributed by atoms with E-state index in [0.29, 0.717) is 22.6 Å². The molecule has 0 saturated carbocycles. The van der Waals surface area contributed by atoms with Crippen LogP contribution in [0.5, 0.6) is 5.75 Å². The zero-order valence-corrected chi connectivity index (χ0v) is 18.8. The molecule has 2 heterocycles. The number of benzene rings is 2. The number of rotatable bonds is 7. The molecular weight excluding hydrogens is 452 g/mol. The van der Waals surface area contributed by atoms with E-state index in [9.17, 15) is 14.4 Å². The fraction of sp³-hybridized carbons (Fsp3) is 0.261. The topological polar surface area (TPSA) is 84.9 Å². The predicted octanol–water partition coefficient (Wildman–Crippen LogP) is 2.95. The fourth-order valence-electron chi connectivity index (χ4n) is 3.53. The SMILES string of the molecule is COc1ccc(COC(=O)C2=C(CCl)CSC3C(NC(=O)c4ccccc4)C(=O)N23)cc1. The van der Waals surface area contributed by atoms with Crippen molar-refractivity contribution in [3.8, 4) is 5.75 Å². The summed E-state index contributed by atoms with van der Waals surface area (Å²) in [7, 11) is 1.58. The van der Waals surface area contributed by atoms with E-state index in [2.05, 4.69) is 5.32 Å². The first kappa shape index (κ1) is 22.2. The number of fused-ring (bicyclic) bond motifs is 1. The van der Waals surface area contributed by atoms with Crippen molar-refractivity contribution in [3.63, 3.8) is 0 Å². The maximum Gasteiger partial charge on any atom is 0.355 e. The lowest BCUT2D eigenvalue weighted by molar-refractivity contribution is -0.152. The third-order valence-corrected chi connectivity index (χ3v) is 6.92. The monoisotopic (exact) mass is 472 g/mol. The van der Waals surface area contributed by atoms with Gasteiger partial charge >= 0.3 is 5.97 Å². The van der Waals surface area contributed by atoms with E-state index in [1.165, 1.54) is 16.7 Å². The molecule has 2 aromatic carbocycles. The Hall–Kier alpha value is -2.97. The molecule has 0 bridgehead atoms. The van der Waals surface area contributed by atoms with Crippen LogP contribution in [0, 0.1) is 0 Å². The van der Waals surface area contributed by atoms with Crippen molar-refractivity contribution in [3.05, 3.63) is 77.0 Å². The number of carbonyl (C=O) groups is 3. The predicted molar refractivity (Wildman–Crippen MR) is 121 cm³/mol. The van der Waals surface area contributed by atoms with Gasteiger partial charge in [0.25, 0.3) is 11.8 Å². The van der Waals surface area contributed by atoms with Crippen molar-refractivity contribution in [2.75, 3.05) is 18.7 Å². The molecular formula is C23H21ClN2O5S. The van der Waals surface area contributed by atoms with Crippen molar-refractivity contribution in [2.45, 2.75) is 18.0 Å². The minimum absolute atomic E-state index is 0.0515. The van der Waals surface area contributed by atoms with Gasteiger partial charge in [-0.25, -0.2) is 4.79 Å². The van der Waals surface area contributed by atoms with Gasteiger partial charge in [-0.05, 0) is 35.4 Å². The van der Waals surface area contributed by atoms with E-state index in [4.69, 9.17) is 21.1 Å². The average Bonchev–Trinajstić information content (AvgIpc) is 2.85. The van der Waals surface area contributed by atoms with Crippen LogP contribution in [0.3, 0.4) is 0 Å². The molecule has 2 atom stereocenters. The highest BCUT2D eigenvalue weighted by atomic mass is 35.5. The number of nitrogens with one attached hydrogen (secondary N) is 1. The molecule has 1 N–H and O–H groups in total. The summed E-state index contributed by atoms with van der Waals surface area (Å²) in [4.78, 5) is 39.6. The number of methoxy groups -OCH3 is 1. The third-order valence-electron chi connectivity index (χ3n) is 5.25. The normalized spacial score (nSPS) is 19.7. The van der Waals surface area contributed by atoms with Crippen LogP contribution in [-0.2, 0) is 20.9 Å². The minimum Gasteiger partial charge on any atom is -0.497 e. The number of hydrogen-bond acceptors (Lipinski definition) is 6. The number of carbonyl (C=O) groups excluding carboxylic acids is 3. The largest absolute Gasteiger partial charge is 0.497 e. The van der Waals surface area contributed by atoms with Gasteiger partial charge < -0.3 is 14.8 Å². The number of thioether (sulfide) groups is 1. The second kappa shape index (κ2) is 9.67. The van der Waals surface area contributed by atoms with E-state index in [1.54, 1.807) is 55.6 Å². The van der Waals surface area contributed by atoms with Gasteiger partial charge in [-0.3, -0.25) is 14.5 Å². The number of hydrogen-bond donors (Lipinski definition) is 1. The van der Waals surface area contributed by atoms with E-state index in [1.807, 2.05) is 6.07 Å². The van der Waals surface area contributed by atoms with E-state index in [-0.39, 0.29) is 35.4 Å². The van der Waals surface area contributed by atoms with Crippen LogP contribution >= 0.6 is 23.4 Å². The lowest BCUT2D eigenvalue weighted by Crippen LogP contribution is -2.70. The minimum atomic E-state index is -0.714. The smallest absolute Gasteiger partial charge is 0.355 e. The Labute approximate surface area is 194 Å². The van der Waals surface area contributed by atoms with Crippen LogP contribution in [0.15, 0.2) is 65.9 Å².